The second-order valence-electron chi connectivity index (χ2n) is 4.89. The first-order chi connectivity index (χ1) is 11.1. The summed E-state index contributed by atoms with van der Waals surface area (Å²) in [7, 11) is 0. The SMILES string of the molecule is CCOc1ccc(N2C(=O)C(=Cc3ccc(C)s3)SC2=S)cc1. The molecular formula is C17H15NO2S3. The van der Waals surface area contributed by atoms with Crippen LogP contribution in [0.5, 0.6) is 5.75 Å². The van der Waals surface area contributed by atoms with Crippen molar-refractivity contribution in [1.82, 2.24) is 0 Å². The van der Waals surface area contributed by atoms with Crippen molar-refractivity contribution >= 4 is 57.3 Å². The van der Waals surface area contributed by atoms with E-state index in [1.807, 2.05) is 56.3 Å². The molecule has 1 aliphatic heterocycles. The fourth-order valence-electron chi connectivity index (χ4n) is 2.21. The molecule has 0 unspecified atom stereocenters. The standard InChI is InChI=1S/C17H15NO2S3/c1-3-20-13-7-5-12(6-8-13)18-16(19)15(23-17(18)21)10-14-9-4-11(2)22-14/h4-10H,3H2,1-2H3. The number of amides is 1. The molecule has 1 aromatic heterocycles. The number of thiophene rings is 1. The summed E-state index contributed by atoms with van der Waals surface area (Å²) in [5.74, 6) is 0.710. The van der Waals surface area contributed by atoms with E-state index in [0.29, 0.717) is 15.8 Å². The van der Waals surface area contributed by atoms with Crippen LogP contribution in [0.4, 0.5) is 5.69 Å². The van der Waals surface area contributed by atoms with Gasteiger partial charge in [-0.2, -0.15) is 0 Å². The Balaban J connectivity index is 1.85. The molecule has 3 nitrogen and oxygen atoms in total. The number of carbonyl (C=O) groups is 1. The van der Waals surface area contributed by atoms with Gasteiger partial charge in [0.05, 0.1) is 17.2 Å². The zero-order valence-corrected chi connectivity index (χ0v) is 15.2. The predicted octanol–water partition coefficient (Wildman–Crippen LogP) is 4.86. The van der Waals surface area contributed by atoms with E-state index in [2.05, 4.69) is 0 Å². The van der Waals surface area contributed by atoms with Crippen molar-refractivity contribution in [3.63, 3.8) is 0 Å². The lowest BCUT2D eigenvalue weighted by Gasteiger charge is -2.15. The number of hydrogen-bond donors (Lipinski definition) is 0. The van der Waals surface area contributed by atoms with Gasteiger partial charge in [-0.25, -0.2) is 0 Å². The minimum Gasteiger partial charge on any atom is -0.494 e. The van der Waals surface area contributed by atoms with E-state index in [9.17, 15) is 4.79 Å². The zero-order chi connectivity index (χ0) is 16.4. The first kappa shape index (κ1) is 16.2. The topological polar surface area (TPSA) is 29.5 Å². The second kappa shape index (κ2) is 6.86. The van der Waals surface area contributed by atoms with E-state index in [4.69, 9.17) is 17.0 Å². The highest BCUT2D eigenvalue weighted by molar-refractivity contribution is 8.27. The molecule has 0 atom stereocenters. The molecule has 0 bridgehead atoms. The molecule has 118 valence electrons. The molecule has 2 heterocycles. The number of hydrogen-bond acceptors (Lipinski definition) is 5. The van der Waals surface area contributed by atoms with Crippen molar-refractivity contribution in [1.29, 1.82) is 0 Å². The van der Waals surface area contributed by atoms with Crippen molar-refractivity contribution in [3.8, 4) is 5.75 Å². The number of nitrogens with zero attached hydrogens (tertiary/aromatic N) is 1. The summed E-state index contributed by atoms with van der Waals surface area (Å²) < 4.78 is 5.98. The summed E-state index contributed by atoms with van der Waals surface area (Å²) in [6.45, 7) is 4.60. The lowest BCUT2D eigenvalue weighted by atomic mass is 10.2. The maximum Gasteiger partial charge on any atom is 0.270 e. The van der Waals surface area contributed by atoms with Crippen molar-refractivity contribution in [3.05, 3.63) is 51.1 Å². The van der Waals surface area contributed by atoms with Crippen molar-refractivity contribution in [2.75, 3.05) is 11.5 Å². The first-order valence-electron chi connectivity index (χ1n) is 7.15. The molecule has 1 fully saturated rings. The van der Waals surface area contributed by atoms with Gasteiger partial charge in [0.2, 0.25) is 0 Å². The third kappa shape index (κ3) is 3.49. The molecule has 0 spiro atoms. The third-order valence-corrected chi connectivity index (χ3v) is 5.48. The maximum absolute atomic E-state index is 12.7. The van der Waals surface area contributed by atoms with Crippen molar-refractivity contribution < 1.29 is 9.53 Å². The van der Waals surface area contributed by atoms with Gasteiger partial charge >= 0.3 is 0 Å². The molecule has 3 rings (SSSR count). The van der Waals surface area contributed by atoms with E-state index in [0.717, 1.165) is 16.3 Å². The highest BCUT2D eigenvalue weighted by atomic mass is 32.2. The highest BCUT2D eigenvalue weighted by Crippen LogP contribution is 2.37. The number of benzene rings is 1. The minimum atomic E-state index is -0.0739. The first-order valence-corrected chi connectivity index (χ1v) is 9.20. The lowest BCUT2D eigenvalue weighted by Crippen LogP contribution is -2.27. The van der Waals surface area contributed by atoms with Gasteiger partial charge in [-0.1, -0.05) is 24.0 Å². The lowest BCUT2D eigenvalue weighted by molar-refractivity contribution is -0.113. The predicted molar refractivity (Wildman–Crippen MR) is 102 cm³/mol. The summed E-state index contributed by atoms with van der Waals surface area (Å²) in [5.41, 5.74) is 0.765. The maximum atomic E-state index is 12.7. The molecule has 0 radical (unpaired) electrons. The van der Waals surface area contributed by atoms with Crippen LogP contribution in [0.2, 0.25) is 0 Å². The van der Waals surface area contributed by atoms with Crippen LogP contribution in [0.25, 0.3) is 6.08 Å². The molecule has 0 saturated carbocycles. The Hall–Kier alpha value is -1.63. The fraction of sp³-hybridized carbons (Fsp3) is 0.176. The molecular weight excluding hydrogens is 346 g/mol. The summed E-state index contributed by atoms with van der Waals surface area (Å²) >= 11 is 8.38. The molecule has 2 aromatic rings. The van der Waals surface area contributed by atoms with Gasteiger partial charge < -0.3 is 4.74 Å². The van der Waals surface area contributed by atoms with Crippen LogP contribution in [0.3, 0.4) is 0 Å². The van der Waals surface area contributed by atoms with E-state index >= 15 is 0 Å². The van der Waals surface area contributed by atoms with E-state index in [-0.39, 0.29) is 5.91 Å². The summed E-state index contributed by atoms with van der Waals surface area (Å²) in [4.78, 5) is 17.2. The van der Waals surface area contributed by atoms with E-state index in [1.54, 1.807) is 16.2 Å². The number of thioether (sulfide) groups is 1. The molecule has 6 heteroatoms. The zero-order valence-electron chi connectivity index (χ0n) is 12.7. The average Bonchev–Trinajstić information content (AvgIpc) is 3.05. The molecule has 1 aliphatic rings. The Bertz CT molecular complexity index is 777. The summed E-state index contributed by atoms with van der Waals surface area (Å²) in [6.07, 6.45) is 1.91. The number of aryl methyl sites for hydroxylation is 1. The number of ether oxygens (including phenoxy) is 1. The van der Waals surface area contributed by atoms with Crippen LogP contribution >= 0.6 is 35.3 Å². The van der Waals surface area contributed by atoms with E-state index in [1.165, 1.54) is 16.6 Å². The van der Waals surface area contributed by atoms with Crippen LogP contribution in [0, 0.1) is 6.92 Å². The third-order valence-electron chi connectivity index (χ3n) is 3.23. The fourth-order valence-corrected chi connectivity index (χ4v) is 4.39. The number of rotatable bonds is 4. The van der Waals surface area contributed by atoms with Gasteiger partial charge in [0.25, 0.3) is 5.91 Å². The molecule has 0 N–H and O–H groups in total. The van der Waals surface area contributed by atoms with Gasteiger partial charge in [0.1, 0.15) is 5.75 Å². The van der Waals surface area contributed by atoms with Crippen LogP contribution < -0.4 is 9.64 Å². The van der Waals surface area contributed by atoms with Crippen LogP contribution in [0.1, 0.15) is 16.7 Å². The molecule has 23 heavy (non-hydrogen) atoms. The molecule has 1 saturated heterocycles. The van der Waals surface area contributed by atoms with Crippen molar-refractivity contribution in [2.45, 2.75) is 13.8 Å². The van der Waals surface area contributed by atoms with Crippen LogP contribution in [-0.4, -0.2) is 16.8 Å². The molecule has 0 aliphatic carbocycles. The van der Waals surface area contributed by atoms with Gasteiger partial charge in [-0.05, 0) is 56.3 Å². The summed E-state index contributed by atoms with van der Waals surface area (Å²) in [5, 5.41) is 0. The summed E-state index contributed by atoms with van der Waals surface area (Å²) in [6, 6.07) is 11.5. The van der Waals surface area contributed by atoms with Crippen LogP contribution in [0.15, 0.2) is 41.3 Å². The van der Waals surface area contributed by atoms with Gasteiger partial charge in [-0.15, -0.1) is 11.3 Å². The second-order valence-corrected chi connectivity index (χ2v) is 7.89. The molecule has 1 amide bonds. The normalized spacial score (nSPS) is 16.4. The Labute approximate surface area is 149 Å². The largest absolute Gasteiger partial charge is 0.494 e. The number of anilines is 1. The smallest absolute Gasteiger partial charge is 0.270 e. The van der Waals surface area contributed by atoms with Gasteiger partial charge in [-0.3, -0.25) is 9.69 Å². The molecule has 1 aromatic carbocycles. The average molecular weight is 362 g/mol. The van der Waals surface area contributed by atoms with Crippen LogP contribution in [-0.2, 0) is 4.79 Å². The quantitative estimate of drug-likeness (QED) is 0.574. The van der Waals surface area contributed by atoms with Gasteiger partial charge in [0.15, 0.2) is 4.32 Å². The number of thiocarbonyl (C=S) groups is 1. The monoisotopic (exact) mass is 361 g/mol. The Morgan fingerprint density at radius 3 is 2.57 bits per heavy atom. The Morgan fingerprint density at radius 1 is 1.22 bits per heavy atom. The Morgan fingerprint density at radius 2 is 1.96 bits per heavy atom. The Kier molecular flexibility index (Phi) is 4.84. The minimum absolute atomic E-state index is 0.0739. The van der Waals surface area contributed by atoms with E-state index < -0.39 is 0 Å². The van der Waals surface area contributed by atoms with Gasteiger partial charge in [0, 0.05) is 9.75 Å². The number of carbonyl (C=O) groups excluding carboxylic acids is 1. The highest BCUT2D eigenvalue weighted by Gasteiger charge is 2.33. The van der Waals surface area contributed by atoms with Crippen molar-refractivity contribution in [2.24, 2.45) is 0 Å².